The molecule has 1 atom stereocenters. The van der Waals surface area contributed by atoms with Crippen molar-refractivity contribution in [2.75, 3.05) is 27.7 Å². The Hall–Kier alpha value is -2.71. The molecule has 0 aliphatic carbocycles. The van der Waals surface area contributed by atoms with Gasteiger partial charge < -0.3 is 19.5 Å². The lowest BCUT2D eigenvalue weighted by Crippen LogP contribution is -2.34. The fourth-order valence-corrected chi connectivity index (χ4v) is 3.48. The Labute approximate surface area is 168 Å². The maximum atomic E-state index is 12.3. The van der Waals surface area contributed by atoms with Gasteiger partial charge >= 0.3 is 0 Å². The summed E-state index contributed by atoms with van der Waals surface area (Å²) < 4.78 is 10.5. The highest BCUT2D eigenvalue weighted by atomic mass is 32.1. The summed E-state index contributed by atoms with van der Waals surface area (Å²) >= 11 is 1.55. The van der Waals surface area contributed by atoms with Crippen LogP contribution >= 0.6 is 11.3 Å². The van der Waals surface area contributed by atoms with Gasteiger partial charge in [0, 0.05) is 19.4 Å². The zero-order chi connectivity index (χ0) is 19.9. The number of ether oxygens (including phenoxy) is 1. The molecular formula is C20H24N4O3S. The number of nitrogens with zero attached hydrogens (tertiary/aromatic N) is 3. The molecule has 0 bridgehead atoms. The number of rotatable bonds is 9. The van der Waals surface area contributed by atoms with E-state index in [1.165, 1.54) is 0 Å². The van der Waals surface area contributed by atoms with E-state index in [2.05, 4.69) is 20.4 Å². The number of methoxy groups -OCH3 is 1. The summed E-state index contributed by atoms with van der Waals surface area (Å²) in [4.78, 5) is 19.7. The summed E-state index contributed by atoms with van der Waals surface area (Å²) in [6.07, 6.45) is 0.709. The van der Waals surface area contributed by atoms with Crippen LogP contribution in [0.15, 0.2) is 46.3 Å². The van der Waals surface area contributed by atoms with Gasteiger partial charge in [0.25, 0.3) is 0 Å². The smallest absolute Gasteiger partial charge is 0.227 e. The molecule has 3 aromatic rings. The normalized spacial score (nSPS) is 12.1. The Morgan fingerprint density at radius 2 is 2.18 bits per heavy atom. The van der Waals surface area contributed by atoms with E-state index >= 15 is 0 Å². The molecule has 0 saturated carbocycles. The summed E-state index contributed by atoms with van der Waals surface area (Å²) in [5.41, 5.74) is 1.09. The van der Waals surface area contributed by atoms with Gasteiger partial charge in [0.05, 0.1) is 18.0 Å². The van der Waals surface area contributed by atoms with E-state index in [-0.39, 0.29) is 11.9 Å². The van der Waals surface area contributed by atoms with Crippen molar-refractivity contribution >= 4 is 17.2 Å². The number of carbonyl (C=O) groups is 1. The van der Waals surface area contributed by atoms with Gasteiger partial charge in [-0.25, -0.2) is 0 Å². The molecule has 0 fully saturated rings. The number of likely N-dealkylation sites (N-methyl/N-ethyl adjacent to an activating group) is 1. The van der Waals surface area contributed by atoms with Gasteiger partial charge in [-0.1, -0.05) is 23.4 Å². The molecule has 0 saturated heterocycles. The molecule has 148 valence electrons. The monoisotopic (exact) mass is 400 g/mol. The van der Waals surface area contributed by atoms with Gasteiger partial charge in [0.2, 0.25) is 17.6 Å². The number of hydrogen-bond acceptors (Lipinski definition) is 7. The number of carbonyl (C=O) groups excluding carboxylic acids is 1. The average Bonchev–Trinajstić information content (AvgIpc) is 3.38. The van der Waals surface area contributed by atoms with E-state index in [1.54, 1.807) is 18.4 Å². The van der Waals surface area contributed by atoms with Crippen molar-refractivity contribution in [3.8, 4) is 16.5 Å². The summed E-state index contributed by atoms with van der Waals surface area (Å²) in [6.45, 7) is 0.503. The van der Waals surface area contributed by atoms with Gasteiger partial charge in [-0.3, -0.25) is 4.79 Å². The van der Waals surface area contributed by atoms with Crippen LogP contribution in [0.4, 0.5) is 0 Å². The lowest BCUT2D eigenvalue weighted by Gasteiger charge is -2.25. The van der Waals surface area contributed by atoms with Crippen LogP contribution in [0, 0.1) is 0 Å². The largest absolute Gasteiger partial charge is 0.497 e. The highest BCUT2D eigenvalue weighted by molar-refractivity contribution is 7.13. The maximum Gasteiger partial charge on any atom is 0.227 e. The van der Waals surface area contributed by atoms with E-state index in [4.69, 9.17) is 9.26 Å². The molecule has 2 heterocycles. The first-order valence-electron chi connectivity index (χ1n) is 9.00. The Balaban J connectivity index is 1.52. The standard InChI is InChI=1S/C20H24N4O3S/c1-24(2)16(14-6-4-7-15(12-14)26-3)13-21-18(25)9-10-19-22-20(23-27-19)17-8-5-11-28-17/h4-8,11-12,16H,9-10,13H2,1-3H3,(H,21,25). The number of hydrogen-bond donors (Lipinski definition) is 1. The van der Waals surface area contributed by atoms with E-state index < -0.39 is 0 Å². The molecule has 0 aliphatic heterocycles. The Morgan fingerprint density at radius 3 is 2.89 bits per heavy atom. The zero-order valence-corrected chi connectivity index (χ0v) is 17.0. The summed E-state index contributed by atoms with van der Waals surface area (Å²) in [6, 6.07) is 11.8. The van der Waals surface area contributed by atoms with Crippen LogP contribution in [-0.2, 0) is 11.2 Å². The van der Waals surface area contributed by atoms with Gasteiger partial charge in [0.1, 0.15) is 5.75 Å². The molecule has 0 aliphatic rings. The summed E-state index contributed by atoms with van der Waals surface area (Å²) in [7, 11) is 5.62. The van der Waals surface area contributed by atoms with Crippen molar-refractivity contribution in [2.24, 2.45) is 0 Å². The second kappa shape index (κ2) is 9.48. The zero-order valence-electron chi connectivity index (χ0n) is 16.2. The molecule has 2 aromatic heterocycles. The molecule has 0 spiro atoms. The number of thiophene rings is 1. The Kier molecular flexibility index (Phi) is 6.78. The number of nitrogens with one attached hydrogen (secondary N) is 1. The Bertz CT molecular complexity index is 893. The minimum Gasteiger partial charge on any atom is -0.497 e. The van der Waals surface area contributed by atoms with Crippen LogP contribution in [0.25, 0.3) is 10.7 Å². The third-order valence-electron chi connectivity index (χ3n) is 4.37. The van der Waals surface area contributed by atoms with Crippen molar-refractivity contribution in [1.29, 1.82) is 0 Å². The number of benzene rings is 1. The van der Waals surface area contributed by atoms with E-state index in [0.29, 0.717) is 31.1 Å². The minimum absolute atomic E-state index is 0.0490. The van der Waals surface area contributed by atoms with Crippen molar-refractivity contribution in [3.05, 3.63) is 53.2 Å². The molecule has 1 amide bonds. The highest BCUT2D eigenvalue weighted by Crippen LogP contribution is 2.23. The first-order chi connectivity index (χ1) is 13.6. The van der Waals surface area contributed by atoms with Crippen LogP contribution in [0.2, 0.25) is 0 Å². The molecule has 3 rings (SSSR count). The Morgan fingerprint density at radius 1 is 1.32 bits per heavy atom. The van der Waals surface area contributed by atoms with Crippen LogP contribution in [0.5, 0.6) is 5.75 Å². The maximum absolute atomic E-state index is 12.3. The number of aryl methyl sites for hydroxylation is 1. The van der Waals surface area contributed by atoms with Crippen molar-refractivity contribution < 1.29 is 14.1 Å². The quantitative estimate of drug-likeness (QED) is 0.594. The van der Waals surface area contributed by atoms with Gasteiger partial charge in [-0.2, -0.15) is 4.98 Å². The predicted molar refractivity (Wildman–Crippen MR) is 108 cm³/mol. The fourth-order valence-electron chi connectivity index (χ4n) is 2.83. The van der Waals surface area contributed by atoms with E-state index in [0.717, 1.165) is 16.2 Å². The van der Waals surface area contributed by atoms with Crippen LogP contribution < -0.4 is 10.1 Å². The molecule has 1 aromatic carbocycles. The molecule has 1 unspecified atom stereocenters. The first kappa shape index (κ1) is 20.0. The van der Waals surface area contributed by atoms with Gasteiger partial charge in [-0.15, -0.1) is 11.3 Å². The highest BCUT2D eigenvalue weighted by Gasteiger charge is 2.17. The molecular weight excluding hydrogens is 376 g/mol. The molecule has 28 heavy (non-hydrogen) atoms. The minimum atomic E-state index is -0.0504. The summed E-state index contributed by atoms with van der Waals surface area (Å²) in [5.74, 6) is 1.78. The molecule has 8 heteroatoms. The second-order valence-electron chi connectivity index (χ2n) is 6.55. The summed E-state index contributed by atoms with van der Waals surface area (Å²) in [5, 5.41) is 8.92. The van der Waals surface area contributed by atoms with E-state index in [9.17, 15) is 4.79 Å². The molecule has 1 N–H and O–H groups in total. The van der Waals surface area contributed by atoms with Crippen LogP contribution in [0.3, 0.4) is 0 Å². The lowest BCUT2D eigenvalue weighted by atomic mass is 10.1. The molecule has 7 nitrogen and oxygen atoms in total. The average molecular weight is 401 g/mol. The second-order valence-corrected chi connectivity index (χ2v) is 7.50. The van der Waals surface area contributed by atoms with Crippen molar-refractivity contribution in [2.45, 2.75) is 18.9 Å². The van der Waals surface area contributed by atoms with Gasteiger partial charge in [-0.05, 0) is 43.2 Å². The lowest BCUT2D eigenvalue weighted by molar-refractivity contribution is -0.121. The SMILES string of the molecule is COc1cccc(C(CNC(=O)CCc2nc(-c3cccs3)no2)N(C)C)c1. The fraction of sp³-hybridized carbons (Fsp3) is 0.350. The van der Waals surface area contributed by atoms with E-state index in [1.807, 2.05) is 55.9 Å². The van der Waals surface area contributed by atoms with Crippen LogP contribution in [-0.4, -0.2) is 48.7 Å². The molecule has 0 radical (unpaired) electrons. The first-order valence-corrected chi connectivity index (χ1v) is 9.88. The van der Waals surface area contributed by atoms with Crippen molar-refractivity contribution in [3.63, 3.8) is 0 Å². The number of amides is 1. The van der Waals surface area contributed by atoms with Gasteiger partial charge in [0.15, 0.2) is 0 Å². The number of aromatic nitrogens is 2. The predicted octanol–water partition coefficient (Wildman–Crippen LogP) is 3.16. The van der Waals surface area contributed by atoms with Crippen LogP contribution in [0.1, 0.15) is 23.9 Å². The topological polar surface area (TPSA) is 80.5 Å². The third-order valence-corrected chi connectivity index (χ3v) is 5.24. The third kappa shape index (κ3) is 5.17. The van der Waals surface area contributed by atoms with Crippen molar-refractivity contribution in [1.82, 2.24) is 20.4 Å².